The van der Waals surface area contributed by atoms with Gasteiger partial charge in [-0.3, -0.25) is 0 Å². The van der Waals surface area contributed by atoms with Crippen molar-refractivity contribution in [3.8, 4) is 0 Å². The molecule has 20 heavy (non-hydrogen) atoms. The van der Waals surface area contributed by atoms with Crippen LogP contribution >= 0.6 is 0 Å². The summed E-state index contributed by atoms with van der Waals surface area (Å²) in [6, 6.07) is 11.0. The maximum atomic E-state index is 5.83. The third-order valence-corrected chi connectivity index (χ3v) is 3.73. The number of anilines is 2. The van der Waals surface area contributed by atoms with Gasteiger partial charge in [0.05, 0.1) is 6.20 Å². The average Bonchev–Trinajstić information content (AvgIpc) is 3.06. The summed E-state index contributed by atoms with van der Waals surface area (Å²) in [7, 11) is 0. The largest absolute Gasteiger partial charge is 0.382 e. The molecule has 0 aliphatic heterocycles. The summed E-state index contributed by atoms with van der Waals surface area (Å²) >= 11 is 0. The molecule has 0 saturated heterocycles. The van der Waals surface area contributed by atoms with Crippen molar-refractivity contribution in [1.82, 2.24) is 14.4 Å². The van der Waals surface area contributed by atoms with Crippen LogP contribution in [0.25, 0.3) is 5.65 Å². The summed E-state index contributed by atoms with van der Waals surface area (Å²) in [5.74, 6) is 1.81. The Morgan fingerprint density at radius 3 is 2.95 bits per heavy atom. The molecule has 1 aliphatic carbocycles. The molecular formula is C15H15N5. The molecule has 2 aromatic heterocycles. The molecule has 1 aliphatic rings. The molecule has 2 atom stereocenters. The molecule has 2 unspecified atom stereocenters. The van der Waals surface area contributed by atoms with E-state index >= 15 is 0 Å². The van der Waals surface area contributed by atoms with Crippen LogP contribution in [-0.2, 0) is 0 Å². The smallest absolute Gasteiger partial charge is 0.180 e. The number of fused-ring (bicyclic) bond motifs is 1. The standard InChI is InChI=1S/C15H15N5/c16-13-9-20-7-6-17-15(20)14(19-13)18-12-8-11(12)10-4-2-1-3-5-10/h1-7,9,11-12H,8,16H2,(H,18,19). The van der Waals surface area contributed by atoms with Gasteiger partial charge in [-0.25, -0.2) is 9.97 Å². The second kappa shape index (κ2) is 4.23. The van der Waals surface area contributed by atoms with E-state index in [1.165, 1.54) is 5.56 Å². The van der Waals surface area contributed by atoms with Gasteiger partial charge in [0.25, 0.3) is 0 Å². The minimum atomic E-state index is 0.409. The molecular weight excluding hydrogens is 250 g/mol. The van der Waals surface area contributed by atoms with Crippen LogP contribution in [0.4, 0.5) is 11.6 Å². The fourth-order valence-corrected chi connectivity index (χ4v) is 2.65. The monoisotopic (exact) mass is 265 g/mol. The lowest BCUT2D eigenvalue weighted by Crippen LogP contribution is -2.09. The maximum absolute atomic E-state index is 5.83. The Bertz CT molecular complexity index is 749. The first kappa shape index (κ1) is 11.3. The van der Waals surface area contributed by atoms with Crippen LogP contribution < -0.4 is 11.1 Å². The van der Waals surface area contributed by atoms with Crippen molar-refractivity contribution in [1.29, 1.82) is 0 Å². The molecule has 3 N–H and O–H groups in total. The van der Waals surface area contributed by atoms with Crippen LogP contribution in [0.1, 0.15) is 17.9 Å². The number of aromatic nitrogens is 3. The van der Waals surface area contributed by atoms with Crippen molar-refractivity contribution in [3.63, 3.8) is 0 Å². The summed E-state index contributed by atoms with van der Waals surface area (Å²) in [4.78, 5) is 8.69. The number of nitrogens with two attached hydrogens (primary N) is 1. The highest BCUT2D eigenvalue weighted by atomic mass is 15.1. The fraction of sp³-hybridized carbons (Fsp3) is 0.200. The van der Waals surface area contributed by atoms with Crippen molar-refractivity contribution in [2.75, 3.05) is 11.1 Å². The van der Waals surface area contributed by atoms with Crippen LogP contribution in [-0.4, -0.2) is 20.4 Å². The highest BCUT2D eigenvalue weighted by Crippen LogP contribution is 2.42. The van der Waals surface area contributed by atoms with Crippen molar-refractivity contribution in [2.24, 2.45) is 0 Å². The molecule has 4 rings (SSSR count). The maximum Gasteiger partial charge on any atom is 0.180 e. The Kier molecular flexibility index (Phi) is 2.39. The van der Waals surface area contributed by atoms with Gasteiger partial charge in [-0.2, -0.15) is 0 Å². The third-order valence-electron chi connectivity index (χ3n) is 3.73. The summed E-state index contributed by atoms with van der Waals surface area (Å²) in [5.41, 5.74) is 8.01. The summed E-state index contributed by atoms with van der Waals surface area (Å²) in [5, 5.41) is 3.46. The lowest BCUT2D eigenvalue weighted by atomic mass is 10.1. The van der Waals surface area contributed by atoms with Crippen LogP contribution in [0.2, 0.25) is 0 Å². The Morgan fingerprint density at radius 1 is 1.25 bits per heavy atom. The fourth-order valence-electron chi connectivity index (χ4n) is 2.65. The number of hydrogen-bond acceptors (Lipinski definition) is 4. The topological polar surface area (TPSA) is 68.2 Å². The highest BCUT2D eigenvalue weighted by molar-refractivity contribution is 5.66. The molecule has 5 nitrogen and oxygen atoms in total. The Labute approximate surface area is 116 Å². The molecule has 0 bridgehead atoms. The lowest BCUT2D eigenvalue weighted by molar-refractivity contribution is 1.02. The summed E-state index contributed by atoms with van der Waals surface area (Å²) in [6.07, 6.45) is 6.52. The van der Waals surface area contributed by atoms with Gasteiger partial charge in [0.15, 0.2) is 11.5 Å². The summed E-state index contributed by atoms with van der Waals surface area (Å²) < 4.78 is 1.89. The quantitative estimate of drug-likeness (QED) is 0.762. The van der Waals surface area contributed by atoms with E-state index in [0.717, 1.165) is 17.9 Å². The van der Waals surface area contributed by atoms with Crippen molar-refractivity contribution < 1.29 is 0 Å². The molecule has 1 saturated carbocycles. The van der Waals surface area contributed by atoms with Crippen LogP contribution in [0, 0.1) is 0 Å². The lowest BCUT2D eigenvalue weighted by Gasteiger charge is -2.07. The normalized spacial score (nSPS) is 21.0. The second-order valence-corrected chi connectivity index (χ2v) is 5.18. The van der Waals surface area contributed by atoms with E-state index in [1.54, 1.807) is 12.4 Å². The van der Waals surface area contributed by atoms with E-state index in [2.05, 4.69) is 39.6 Å². The number of rotatable bonds is 3. The van der Waals surface area contributed by atoms with Gasteiger partial charge in [0.2, 0.25) is 0 Å². The van der Waals surface area contributed by atoms with Crippen LogP contribution in [0.5, 0.6) is 0 Å². The zero-order valence-electron chi connectivity index (χ0n) is 10.9. The SMILES string of the molecule is Nc1cn2ccnc2c(NC2CC2c2ccccc2)n1. The van der Waals surface area contributed by atoms with Gasteiger partial charge >= 0.3 is 0 Å². The predicted octanol–water partition coefficient (Wildman–Crippen LogP) is 2.28. The van der Waals surface area contributed by atoms with Crippen LogP contribution in [0.3, 0.4) is 0 Å². The number of benzene rings is 1. The van der Waals surface area contributed by atoms with Gasteiger partial charge in [0, 0.05) is 24.4 Å². The molecule has 0 amide bonds. The van der Waals surface area contributed by atoms with Crippen LogP contribution in [0.15, 0.2) is 48.9 Å². The average molecular weight is 265 g/mol. The van der Waals surface area contributed by atoms with Gasteiger partial charge in [-0.1, -0.05) is 30.3 Å². The third kappa shape index (κ3) is 1.87. The Morgan fingerprint density at radius 2 is 2.10 bits per heavy atom. The zero-order chi connectivity index (χ0) is 13.5. The first-order valence-corrected chi connectivity index (χ1v) is 6.72. The minimum Gasteiger partial charge on any atom is -0.382 e. The van der Waals surface area contributed by atoms with E-state index in [0.29, 0.717) is 17.8 Å². The van der Waals surface area contributed by atoms with E-state index in [9.17, 15) is 0 Å². The Hall–Kier alpha value is -2.56. The van der Waals surface area contributed by atoms with Crippen molar-refractivity contribution >= 4 is 17.3 Å². The Balaban J connectivity index is 1.59. The molecule has 1 aromatic carbocycles. The number of imidazole rings is 1. The predicted molar refractivity (Wildman–Crippen MR) is 78.6 cm³/mol. The van der Waals surface area contributed by atoms with Gasteiger partial charge in [0.1, 0.15) is 5.82 Å². The number of nitrogens with zero attached hydrogens (tertiary/aromatic N) is 3. The molecule has 1 fully saturated rings. The first-order chi connectivity index (χ1) is 9.81. The van der Waals surface area contributed by atoms with E-state index in [1.807, 2.05) is 16.7 Å². The molecule has 0 radical (unpaired) electrons. The highest BCUT2D eigenvalue weighted by Gasteiger charge is 2.38. The van der Waals surface area contributed by atoms with Crippen molar-refractivity contribution in [3.05, 3.63) is 54.5 Å². The first-order valence-electron chi connectivity index (χ1n) is 6.72. The number of nitrogen functional groups attached to an aromatic ring is 1. The number of nitrogens with one attached hydrogen (secondary N) is 1. The van der Waals surface area contributed by atoms with E-state index < -0.39 is 0 Å². The molecule has 5 heteroatoms. The van der Waals surface area contributed by atoms with Crippen molar-refractivity contribution in [2.45, 2.75) is 18.4 Å². The van der Waals surface area contributed by atoms with Gasteiger partial charge < -0.3 is 15.5 Å². The van der Waals surface area contributed by atoms with E-state index in [4.69, 9.17) is 5.73 Å². The molecule has 3 aromatic rings. The molecule has 0 spiro atoms. The van der Waals surface area contributed by atoms with Gasteiger partial charge in [-0.15, -0.1) is 0 Å². The second-order valence-electron chi connectivity index (χ2n) is 5.18. The summed E-state index contributed by atoms with van der Waals surface area (Å²) in [6.45, 7) is 0. The number of hydrogen-bond donors (Lipinski definition) is 2. The van der Waals surface area contributed by atoms with Gasteiger partial charge in [-0.05, 0) is 12.0 Å². The molecule has 100 valence electrons. The zero-order valence-corrected chi connectivity index (χ0v) is 10.9. The minimum absolute atomic E-state index is 0.409. The van der Waals surface area contributed by atoms with E-state index in [-0.39, 0.29) is 0 Å². The molecule has 2 heterocycles.